The summed E-state index contributed by atoms with van der Waals surface area (Å²) < 4.78 is 10.5. The fourth-order valence-corrected chi connectivity index (χ4v) is 5.12. The van der Waals surface area contributed by atoms with Crippen molar-refractivity contribution in [1.29, 1.82) is 0 Å². The van der Waals surface area contributed by atoms with Crippen molar-refractivity contribution in [3.05, 3.63) is 24.3 Å². The summed E-state index contributed by atoms with van der Waals surface area (Å²) in [6.45, 7) is 3.95. The molecule has 0 spiro atoms. The van der Waals surface area contributed by atoms with Gasteiger partial charge >= 0.3 is 11.9 Å². The number of hydrogen-bond donors (Lipinski definition) is 1. The molecule has 0 fully saturated rings. The monoisotopic (exact) mass is 621 g/mol. The van der Waals surface area contributed by atoms with E-state index in [1.54, 1.807) is 6.08 Å². The summed E-state index contributed by atoms with van der Waals surface area (Å²) in [5.41, 5.74) is 0. The number of aliphatic hydroxyl groups is 1. The number of allylic oxidation sites excluding steroid dienone is 4. The number of carbonyl (C=O) groups excluding carboxylic acids is 3. The molecule has 0 saturated carbocycles. The summed E-state index contributed by atoms with van der Waals surface area (Å²) in [4.78, 5) is 35.8. The summed E-state index contributed by atoms with van der Waals surface area (Å²) in [6.07, 6.45) is 34.9. The maximum absolute atomic E-state index is 12.1. The summed E-state index contributed by atoms with van der Waals surface area (Å²) in [5, 5.41) is 9.52. The lowest BCUT2D eigenvalue weighted by Crippen LogP contribution is -2.28. The number of carbonyl (C=O) groups is 3. The van der Waals surface area contributed by atoms with Gasteiger partial charge in [0.2, 0.25) is 0 Å². The van der Waals surface area contributed by atoms with Crippen molar-refractivity contribution in [2.75, 3.05) is 13.2 Å². The van der Waals surface area contributed by atoms with E-state index in [4.69, 9.17) is 9.47 Å². The molecule has 0 rings (SSSR count). The second-order valence-electron chi connectivity index (χ2n) is 12.3. The number of hydrogen-bond acceptors (Lipinski definition) is 6. The summed E-state index contributed by atoms with van der Waals surface area (Å²) in [6, 6.07) is 0. The molecule has 6 nitrogen and oxygen atoms in total. The second-order valence-corrected chi connectivity index (χ2v) is 12.3. The van der Waals surface area contributed by atoms with Crippen molar-refractivity contribution in [2.24, 2.45) is 0 Å². The van der Waals surface area contributed by atoms with Gasteiger partial charge in [-0.1, -0.05) is 148 Å². The normalized spacial score (nSPS) is 12.2. The van der Waals surface area contributed by atoms with Crippen LogP contribution >= 0.6 is 0 Å². The topological polar surface area (TPSA) is 89.9 Å². The van der Waals surface area contributed by atoms with Crippen molar-refractivity contribution in [1.82, 2.24) is 0 Å². The van der Waals surface area contributed by atoms with Crippen LogP contribution in [0.2, 0.25) is 0 Å². The van der Waals surface area contributed by atoms with Gasteiger partial charge in [0.1, 0.15) is 6.61 Å². The third-order valence-corrected chi connectivity index (χ3v) is 7.97. The molecule has 0 radical (unpaired) electrons. The van der Waals surface area contributed by atoms with Crippen LogP contribution in [-0.4, -0.2) is 42.1 Å². The quantitative estimate of drug-likeness (QED) is 0.0340. The van der Waals surface area contributed by atoms with Gasteiger partial charge < -0.3 is 14.6 Å². The highest BCUT2D eigenvalue weighted by molar-refractivity contribution is 5.89. The molecule has 6 heteroatoms. The number of unbranched alkanes of at least 4 members (excludes halogenated alkanes) is 20. The van der Waals surface area contributed by atoms with E-state index in [0.29, 0.717) is 19.3 Å². The van der Waals surface area contributed by atoms with Crippen molar-refractivity contribution in [3.63, 3.8) is 0 Å². The minimum atomic E-state index is -0.796. The first-order valence-electron chi connectivity index (χ1n) is 18.3. The van der Waals surface area contributed by atoms with Crippen LogP contribution < -0.4 is 0 Å². The maximum Gasteiger partial charge on any atom is 0.306 e. The molecule has 0 aliphatic carbocycles. The number of aliphatic hydroxyl groups excluding tert-OH is 1. The largest absolute Gasteiger partial charge is 0.462 e. The van der Waals surface area contributed by atoms with Crippen LogP contribution in [0.3, 0.4) is 0 Å². The first-order chi connectivity index (χ1) is 21.5. The molecule has 0 aliphatic heterocycles. The van der Waals surface area contributed by atoms with E-state index in [1.807, 2.05) is 12.2 Å². The first kappa shape index (κ1) is 42.0. The van der Waals surface area contributed by atoms with E-state index in [1.165, 1.54) is 70.6 Å². The van der Waals surface area contributed by atoms with Crippen LogP contribution in [0, 0.1) is 0 Å². The Kier molecular flexibility index (Phi) is 32.4. The molecule has 1 N–H and O–H groups in total. The van der Waals surface area contributed by atoms with Crippen LogP contribution in [0.25, 0.3) is 0 Å². The zero-order chi connectivity index (χ0) is 32.4. The van der Waals surface area contributed by atoms with Gasteiger partial charge in [0.15, 0.2) is 11.9 Å². The highest BCUT2D eigenvalue weighted by atomic mass is 16.6. The maximum atomic E-state index is 12.1. The molecule has 256 valence electrons. The SMILES string of the molecule is CCCCCCCCCCCCCCCCC(=O)OC[C@H](CO)OC(=O)CCCCCCC/C=C\C=C\C(=O)CCCCC. The molecule has 1 atom stereocenters. The lowest BCUT2D eigenvalue weighted by molar-refractivity contribution is -0.161. The molecular formula is C38H68O6. The third-order valence-electron chi connectivity index (χ3n) is 7.97. The number of ketones is 1. The minimum absolute atomic E-state index is 0.0879. The Bertz CT molecular complexity index is 729. The third kappa shape index (κ3) is 31.5. The van der Waals surface area contributed by atoms with E-state index in [9.17, 15) is 19.5 Å². The second kappa shape index (κ2) is 33.9. The van der Waals surface area contributed by atoms with Gasteiger partial charge in [-0.3, -0.25) is 14.4 Å². The van der Waals surface area contributed by atoms with Crippen LogP contribution in [0.5, 0.6) is 0 Å². The van der Waals surface area contributed by atoms with Crippen LogP contribution in [0.15, 0.2) is 24.3 Å². The minimum Gasteiger partial charge on any atom is -0.462 e. The summed E-state index contributed by atoms with van der Waals surface area (Å²) in [7, 11) is 0. The Labute approximate surface area is 270 Å². The number of rotatable bonds is 33. The molecule has 0 saturated heterocycles. The fraction of sp³-hybridized carbons (Fsp3) is 0.816. The molecule has 0 amide bonds. The Morgan fingerprint density at radius 1 is 0.568 bits per heavy atom. The van der Waals surface area contributed by atoms with E-state index in [2.05, 4.69) is 19.9 Å². The zero-order valence-corrected chi connectivity index (χ0v) is 28.7. The van der Waals surface area contributed by atoms with Crippen molar-refractivity contribution in [3.8, 4) is 0 Å². The van der Waals surface area contributed by atoms with E-state index >= 15 is 0 Å². The van der Waals surface area contributed by atoms with E-state index in [-0.39, 0.29) is 30.9 Å². The number of esters is 2. The Morgan fingerprint density at radius 2 is 1.02 bits per heavy atom. The van der Waals surface area contributed by atoms with Crippen LogP contribution in [0.4, 0.5) is 0 Å². The highest BCUT2D eigenvalue weighted by Crippen LogP contribution is 2.14. The van der Waals surface area contributed by atoms with E-state index < -0.39 is 6.10 Å². The van der Waals surface area contributed by atoms with Crippen LogP contribution in [0.1, 0.15) is 181 Å². The smallest absolute Gasteiger partial charge is 0.306 e. The van der Waals surface area contributed by atoms with Gasteiger partial charge in [-0.05, 0) is 38.2 Å². The predicted molar refractivity (Wildman–Crippen MR) is 183 cm³/mol. The molecule has 0 aromatic rings. The van der Waals surface area contributed by atoms with Gasteiger partial charge in [0.05, 0.1) is 6.61 Å². The van der Waals surface area contributed by atoms with Crippen molar-refractivity contribution < 1.29 is 29.0 Å². The Hall–Kier alpha value is -1.95. The molecular weight excluding hydrogens is 552 g/mol. The molecule has 0 aromatic carbocycles. The lowest BCUT2D eigenvalue weighted by Gasteiger charge is -2.15. The summed E-state index contributed by atoms with van der Waals surface area (Å²) in [5.74, 6) is -0.449. The molecule has 0 bridgehead atoms. The molecule has 0 aliphatic rings. The van der Waals surface area contributed by atoms with Gasteiger partial charge in [-0.25, -0.2) is 0 Å². The number of ether oxygens (including phenoxy) is 2. The van der Waals surface area contributed by atoms with Gasteiger partial charge in [-0.2, -0.15) is 0 Å². The average molecular weight is 621 g/mol. The molecule has 44 heavy (non-hydrogen) atoms. The van der Waals surface area contributed by atoms with Crippen molar-refractivity contribution >= 4 is 17.7 Å². The zero-order valence-electron chi connectivity index (χ0n) is 28.7. The van der Waals surface area contributed by atoms with Gasteiger partial charge in [0, 0.05) is 19.3 Å². The van der Waals surface area contributed by atoms with Gasteiger partial charge in [-0.15, -0.1) is 0 Å². The molecule has 0 unspecified atom stereocenters. The Balaban J connectivity index is 3.63. The standard InChI is InChI=1S/C38H68O6/c1-3-5-7-8-9-10-11-12-13-14-17-20-23-27-31-37(41)43-34-36(33-39)44-38(42)32-28-24-21-18-15-16-19-22-26-30-35(40)29-25-6-4-2/h19,22,26,30,36,39H,3-18,20-21,23-25,27-29,31-34H2,1-2H3/b22-19-,30-26+/t36-/m0/s1. The highest BCUT2D eigenvalue weighted by Gasteiger charge is 2.16. The molecule has 0 aromatic heterocycles. The Morgan fingerprint density at radius 3 is 1.57 bits per heavy atom. The van der Waals surface area contributed by atoms with Gasteiger partial charge in [0.25, 0.3) is 0 Å². The van der Waals surface area contributed by atoms with Crippen LogP contribution in [-0.2, 0) is 23.9 Å². The predicted octanol–water partition coefficient (Wildman–Crippen LogP) is 10.3. The summed E-state index contributed by atoms with van der Waals surface area (Å²) >= 11 is 0. The van der Waals surface area contributed by atoms with Crippen molar-refractivity contribution in [2.45, 2.75) is 187 Å². The first-order valence-corrected chi connectivity index (χ1v) is 18.3. The lowest BCUT2D eigenvalue weighted by atomic mass is 10.0. The average Bonchev–Trinajstić information content (AvgIpc) is 3.02. The molecule has 0 heterocycles. The van der Waals surface area contributed by atoms with E-state index in [0.717, 1.165) is 77.0 Å². The fourth-order valence-electron chi connectivity index (χ4n) is 5.12.